The van der Waals surface area contributed by atoms with E-state index < -0.39 is 34.1 Å². The molecule has 0 unspecified atom stereocenters. The fourth-order valence-electron chi connectivity index (χ4n) is 7.16. The molecule has 12 heteroatoms. The van der Waals surface area contributed by atoms with Gasteiger partial charge >= 0.3 is 34.1 Å². The van der Waals surface area contributed by atoms with Gasteiger partial charge in [-0.25, -0.2) is 56.2 Å². The number of aromatic nitrogens is 6. The summed E-state index contributed by atoms with van der Waals surface area (Å²) in [5.41, 5.74) is 5.55. The van der Waals surface area contributed by atoms with Gasteiger partial charge in [0.15, 0.2) is 0 Å². The van der Waals surface area contributed by atoms with Crippen molar-refractivity contribution in [3.8, 4) is 11.1 Å². The molecule has 5 rings (SSSR count). The molecule has 0 aliphatic heterocycles. The van der Waals surface area contributed by atoms with Crippen LogP contribution in [0.3, 0.4) is 0 Å². The lowest BCUT2D eigenvalue weighted by Crippen LogP contribution is -2.54. The van der Waals surface area contributed by atoms with Crippen molar-refractivity contribution in [2.45, 2.75) is 325 Å². The van der Waals surface area contributed by atoms with Crippen LogP contribution in [0.2, 0.25) is 0 Å². The molecule has 3 aromatic carbocycles. The van der Waals surface area contributed by atoms with Crippen LogP contribution in [0.4, 0.5) is 0 Å². The van der Waals surface area contributed by atoms with Gasteiger partial charge in [0.25, 0.3) is 0 Å². The predicted octanol–water partition coefficient (Wildman–Crippen LogP) is 22.7. The SMILES string of the molecule is C=CCn1c(=O)n(CC=C)c(=O)n(CCCC(C)(C)C)c1=O.C=CCn1c(=O)n(CC=C)c(=O)n(CCCC(C)(C)C)c1=O.CC(C)(C)C.CC(C)(C)C.CC(C)(C)C.CC(C)(C)C.CC(C)(C)C.CC(C)(C)C.CC(C)(C)c1ccc(-c2ccccc2)cc1.CC(C)(C)c1ccccc1. The lowest BCUT2D eigenvalue weighted by Gasteiger charge is -2.19. The first-order chi connectivity index (χ1) is 44.6. The minimum Gasteiger partial charge on any atom is -0.247 e. The van der Waals surface area contributed by atoms with E-state index >= 15 is 0 Å². The number of nitrogens with zero attached hydrogens (tertiary/aromatic N) is 6. The molecule has 0 saturated carbocycles. The molecule has 100 heavy (non-hydrogen) atoms. The molecule has 572 valence electrons. The van der Waals surface area contributed by atoms with Gasteiger partial charge in [0.05, 0.1) is 26.2 Å². The molecule has 0 N–H and O–H groups in total. The van der Waals surface area contributed by atoms with Crippen LogP contribution in [0.25, 0.3) is 11.1 Å². The van der Waals surface area contributed by atoms with Crippen molar-refractivity contribution in [2.75, 3.05) is 0 Å². The Bertz CT molecular complexity index is 3090. The lowest BCUT2D eigenvalue weighted by molar-refractivity contribution is 0.343. The fraction of sp³-hybridized carbons (Fsp3) is 0.636. The lowest BCUT2D eigenvalue weighted by atomic mass is 9.86. The fourth-order valence-corrected chi connectivity index (χ4v) is 7.16. The number of rotatable bonds is 15. The molecule has 0 saturated heterocycles. The van der Waals surface area contributed by atoms with E-state index in [0.717, 1.165) is 40.2 Å². The van der Waals surface area contributed by atoms with Crippen molar-refractivity contribution >= 4 is 0 Å². The normalized spacial score (nSPS) is 11.6. The van der Waals surface area contributed by atoms with Crippen LogP contribution in [0.5, 0.6) is 0 Å². The van der Waals surface area contributed by atoms with Gasteiger partial charge in [0.2, 0.25) is 0 Å². The molecule has 0 bridgehead atoms. The molecule has 0 aliphatic rings. The first kappa shape index (κ1) is 102. The van der Waals surface area contributed by atoms with Crippen LogP contribution in [0, 0.1) is 43.3 Å². The minimum atomic E-state index is -0.623. The summed E-state index contributed by atoms with van der Waals surface area (Å²) in [6.45, 7) is 93.6. The van der Waals surface area contributed by atoms with Crippen molar-refractivity contribution in [3.05, 3.63) is 210 Å². The van der Waals surface area contributed by atoms with Crippen LogP contribution < -0.4 is 34.1 Å². The molecule has 0 aliphatic carbocycles. The first-order valence-corrected chi connectivity index (χ1v) is 36.2. The van der Waals surface area contributed by atoms with Crippen LogP contribution in [0.1, 0.15) is 286 Å². The Morgan fingerprint density at radius 2 is 0.440 bits per heavy atom. The Morgan fingerprint density at radius 1 is 0.260 bits per heavy atom. The Kier molecular flexibility index (Phi) is 47.1. The summed E-state index contributed by atoms with van der Waals surface area (Å²) in [7, 11) is 0. The summed E-state index contributed by atoms with van der Waals surface area (Å²) in [6.07, 6.45) is 8.99. The first-order valence-electron chi connectivity index (χ1n) is 36.2. The monoisotopic (exact) mass is 1390 g/mol. The summed E-state index contributed by atoms with van der Waals surface area (Å²) >= 11 is 0. The third-order valence-corrected chi connectivity index (χ3v) is 11.1. The molecule has 0 atom stereocenters. The van der Waals surface area contributed by atoms with Crippen molar-refractivity contribution in [1.82, 2.24) is 27.4 Å². The molecule has 5 aromatic rings. The smallest absolute Gasteiger partial charge is 0.247 e. The van der Waals surface area contributed by atoms with E-state index in [1.165, 1.54) is 46.6 Å². The highest BCUT2D eigenvalue weighted by atomic mass is 16.2. The molecular weight excluding hydrogens is 1240 g/mol. The van der Waals surface area contributed by atoms with Gasteiger partial charge in [-0.3, -0.25) is 0 Å². The molecule has 0 amide bonds. The van der Waals surface area contributed by atoms with Crippen molar-refractivity contribution in [3.63, 3.8) is 0 Å². The maximum atomic E-state index is 12.4. The third-order valence-electron chi connectivity index (χ3n) is 11.1. The topological polar surface area (TPSA) is 132 Å². The molecule has 0 fully saturated rings. The van der Waals surface area contributed by atoms with E-state index in [-0.39, 0.29) is 42.4 Å². The van der Waals surface area contributed by atoms with Crippen LogP contribution in [-0.2, 0) is 50.1 Å². The molecule has 2 aromatic heterocycles. The van der Waals surface area contributed by atoms with Gasteiger partial charge in [-0.05, 0) is 102 Å². The van der Waals surface area contributed by atoms with E-state index in [1.807, 2.05) is 6.07 Å². The Hall–Kier alpha value is -6.56. The molecule has 0 spiro atoms. The second-order valence-corrected chi connectivity index (χ2v) is 39.7. The summed E-state index contributed by atoms with van der Waals surface area (Å²) in [6, 6.07) is 29.9. The number of hydrogen-bond donors (Lipinski definition) is 0. The van der Waals surface area contributed by atoms with Gasteiger partial charge in [0.1, 0.15) is 0 Å². The molecule has 12 nitrogen and oxygen atoms in total. The van der Waals surface area contributed by atoms with Gasteiger partial charge < -0.3 is 0 Å². The Labute approximate surface area is 613 Å². The Balaban J connectivity index is -0.000000358. The second kappa shape index (κ2) is 46.1. The van der Waals surface area contributed by atoms with Crippen LogP contribution in [0.15, 0.2) is 164 Å². The van der Waals surface area contributed by atoms with Crippen molar-refractivity contribution in [2.24, 2.45) is 43.3 Å². The quantitative estimate of drug-likeness (QED) is 0.0959. The zero-order valence-electron chi connectivity index (χ0n) is 71.4. The zero-order valence-corrected chi connectivity index (χ0v) is 71.4. The second-order valence-electron chi connectivity index (χ2n) is 39.7. The van der Waals surface area contributed by atoms with Gasteiger partial charge in [-0.15, -0.1) is 26.3 Å². The largest absolute Gasteiger partial charge is 0.336 e. The third kappa shape index (κ3) is 62.4. The number of benzene rings is 3. The number of allylic oxidation sites excluding steroid dienone is 4. The Morgan fingerprint density at radius 3 is 0.620 bits per heavy atom. The molecule has 2 heterocycles. The predicted molar refractivity (Wildman–Crippen MR) is 443 cm³/mol. The van der Waals surface area contributed by atoms with E-state index in [1.54, 1.807) is 0 Å². The summed E-state index contributed by atoms with van der Waals surface area (Å²) in [4.78, 5) is 73.8. The van der Waals surface area contributed by atoms with Crippen molar-refractivity contribution < 1.29 is 0 Å². The van der Waals surface area contributed by atoms with Crippen LogP contribution in [-0.4, -0.2) is 27.4 Å². The summed E-state index contributed by atoms with van der Waals surface area (Å²) < 4.78 is 6.34. The highest BCUT2D eigenvalue weighted by Crippen LogP contribution is 2.27. The molecular formula is C88H154N6O6. The zero-order chi connectivity index (χ0) is 80.0. The van der Waals surface area contributed by atoms with E-state index in [0.29, 0.717) is 63.8 Å². The van der Waals surface area contributed by atoms with E-state index in [9.17, 15) is 28.8 Å². The summed E-state index contributed by atoms with van der Waals surface area (Å²) in [5, 5.41) is 0. The standard InChI is InChI=1S/2C16H25N3O3.C16H18.C10H14.6C5H12/c2*1-6-10-17-13(20)18(11-7-2)15(22)19(14(17)21)12-8-9-16(3,4)5;1-16(2,3)15-11-9-14(10-12-15)13-7-5-4-6-8-13;1-10(2,3)9-7-5-4-6-8-9;6*1-5(2,3)4/h2*6-7H,1-2,8-12H2,3-5H3;4-12H,1-3H3;4-8H,1-3H3;6*1-4H3. The van der Waals surface area contributed by atoms with E-state index in [4.69, 9.17) is 0 Å². The maximum Gasteiger partial charge on any atom is 0.336 e. The highest BCUT2D eigenvalue weighted by Gasteiger charge is 2.19. The highest BCUT2D eigenvalue weighted by molar-refractivity contribution is 5.63. The molecule has 0 radical (unpaired) electrons. The van der Waals surface area contributed by atoms with Crippen molar-refractivity contribution in [1.29, 1.82) is 0 Å². The van der Waals surface area contributed by atoms with Gasteiger partial charge in [-0.2, -0.15) is 0 Å². The summed E-state index contributed by atoms with van der Waals surface area (Å²) in [5.74, 6) is 0. The maximum absolute atomic E-state index is 12.4. The van der Waals surface area contributed by atoms with Crippen LogP contribution >= 0.6 is 0 Å². The average Bonchev–Trinajstić information content (AvgIpc) is 0.795. The average molecular weight is 1390 g/mol. The van der Waals surface area contributed by atoms with Gasteiger partial charge in [-0.1, -0.05) is 358 Å². The minimum absolute atomic E-state index is 0.0777. The van der Waals surface area contributed by atoms with Gasteiger partial charge in [0, 0.05) is 13.1 Å². The van der Waals surface area contributed by atoms with E-state index in [2.05, 4.69) is 354 Å². The number of hydrogen-bond acceptors (Lipinski definition) is 6.